The summed E-state index contributed by atoms with van der Waals surface area (Å²) in [4.78, 5) is 2.27. The number of hydrogen-bond donors (Lipinski definition) is 1. The number of aromatic nitrogens is 2. The highest BCUT2D eigenvalue weighted by molar-refractivity contribution is 9.10. The highest BCUT2D eigenvalue weighted by Gasteiger charge is 2.20. The third-order valence-corrected chi connectivity index (χ3v) is 4.87. The predicted molar refractivity (Wildman–Crippen MR) is 113 cm³/mol. The number of aryl methyl sites for hydroxylation is 1. The zero-order chi connectivity index (χ0) is 19.2. The highest BCUT2D eigenvalue weighted by atomic mass is 79.9. The van der Waals surface area contributed by atoms with Crippen molar-refractivity contribution in [2.45, 2.75) is 13.5 Å². The van der Waals surface area contributed by atoms with Crippen LogP contribution in [-0.2, 0) is 6.54 Å². The van der Waals surface area contributed by atoms with Crippen LogP contribution in [0, 0.1) is 6.92 Å². The molecule has 0 radical (unpaired) electrons. The van der Waals surface area contributed by atoms with Crippen molar-refractivity contribution < 1.29 is 4.74 Å². The fourth-order valence-electron chi connectivity index (χ4n) is 2.84. The highest BCUT2D eigenvalue weighted by Crippen LogP contribution is 2.31. The smallest absolute Gasteiger partial charge is 0.227 e. The largest absolute Gasteiger partial charge is 0.439 e. The molecule has 3 rings (SSSR count). The molecule has 0 unspecified atom stereocenters. The number of hydrogen-bond acceptors (Lipinski definition) is 4. The zero-order valence-electron chi connectivity index (χ0n) is 15.9. The summed E-state index contributed by atoms with van der Waals surface area (Å²) in [6.07, 6.45) is 0. The van der Waals surface area contributed by atoms with E-state index >= 15 is 0 Å². The van der Waals surface area contributed by atoms with Crippen molar-refractivity contribution in [3.63, 3.8) is 0 Å². The van der Waals surface area contributed by atoms with Crippen LogP contribution in [0.15, 0.2) is 59.1 Å². The van der Waals surface area contributed by atoms with Gasteiger partial charge in [-0.3, -0.25) is 0 Å². The van der Waals surface area contributed by atoms with Crippen LogP contribution in [0.25, 0.3) is 5.69 Å². The number of likely N-dealkylation sites (N-methyl/N-ethyl adjacent to an activating group) is 2. The SMILES string of the molecule is CNCCN(C)Cc1c(C)nn(-c2ccccc2)c1Oc1ccc(Br)cc1. The van der Waals surface area contributed by atoms with Crippen molar-refractivity contribution in [3.05, 3.63) is 70.3 Å². The van der Waals surface area contributed by atoms with E-state index in [1.54, 1.807) is 0 Å². The van der Waals surface area contributed by atoms with Crippen LogP contribution in [-0.4, -0.2) is 41.9 Å². The van der Waals surface area contributed by atoms with Gasteiger partial charge in [-0.1, -0.05) is 34.1 Å². The molecule has 0 aliphatic rings. The summed E-state index contributed by atoms with van der Waals surface area (Å²) in [5, 5.41) is 7.96. The van der Waals surface area contributed by atoms with Gasteiger partial charge in [0.1, 0.15) is 5.75 Å². The first kappa shape index (κ1) is 19.6. The van der Waals surface area contributed by atoms with E-state index in [0.29, 0.717) is 0 Å². The lowest BCUT2D eigenvalue weighted by molar-refractivity contribution is 0.320. The molecule has 0 atom stereocenters. The lowest BCUT2D eigenvalue weighted by Gasteiger charge is -2.17. The lowest BCUT2D eigenvalue weighted by Crippen LogP contribution is -2.27. The van der Waals surface area contributed by atoms with E-state index < -0.39 is 0 Å². The van der Waals surface area contributed by atoms with Crippen molar-refractivity contribution in [2.24, 2.45) is 0 Å². The Labute approximate surface area is 169 Å². The molecule has 0 amide bonds. The molecule has 6 heteroatoms. The third-order valence-electron chi connectivity index (χ3n) is 4.34. The van der Waals surface area contributed by atoms with Crippen LogP contribution >= 0.6 is 15.9 Å². The predicted octanol–water partition coefficient (Wildman–Crippen LogP) is 4.39. The number of nitrogens with zero attached hydrogens (tertiary/aromatic N) is 3. The first-order valence-electron chi connectivity index (χ1n) is 8.99. The standard InChI is InChI=1S/C21H25BrN4O/c1-16-20(15-25(3)14-13-23-2)21(27-19-11-9-17(22)10-12-19)26(24-16)18-7-5-4-6-8-18/h4-12,23H,13-15H2,1-3H3. The van der Waals surface area contributed by atoms with E-state index in [1.807, 2.05) is 73.3 Å². The Morgan fingerprint density at radius 1 is 1.11 bits per heavy atom. The molecule has 0 spiro atoms. The molecular formula is C21H25BrN4O. The van der Waals surface area contributed by atoms with Gasteiger partial charge in [0.15, 0.2) is 0 Å². The Morgan fingerprint density at radius 3 is 2.48 bits per heavy atom. The van der Waals surface area contributed by atoms with E-state index in [1.165, 1.54) is 0 Å². The normalized spacial score (nSPS) is 11.1. The number of halogens is 1. The van der Waals surface area contributed by atoms with Crippen molar-refractivity contribution in [1.82, 2.24) is 20.0 Å². The minimum Gasteiger partial charge on any atom is -0.439 e. The van der Waals surface area contributed by atoms with Crippen LogP contribution in [0.4, 0.5) is 0 Å². The van der Waals surface area contributed by atoms with E-state index in [-0.39, 0.29) is 0 Å². The Hall–Kier alpha value is -2.15. The van der Waals surface area contributed by atoms with Crippen molar-refractivity contribution in [2.75, 3.05) is 27.2 Å². The van der Waals surface area contributed by atoms with Gasteiger partial charge in [-0.15, -0.1) is 0 Å². The average molecular weight is 429 g/mol. The van der Waals surface area contributed by atoms with Crippen LogP contribution in [0.1, 0.15) is 11.3 Å². The van der Waals surface area contributed by atoms with E-state index in [9.17, 15) is 0 Å². The van der Waals surface area contributed by atoms with Gasteiger partial charge in [-0.2, -0.15) is 5.10 Å². The molecule has 0 aliphatic carbocycles. The van der Waals surface area contributed by atoms with Gasteiger partial charge >= 0.3 is 0 Å². The third kappa shape index (κ3) is 4.97. The Balaban J connectivity index is 1.98. The molecule has 1 heterocycles. The fraction of sp³-hybridized carbons (Fsp3) is 0.286. The second-order valence-corrected chi connectivity index (χ2v) is 7.43. The summed E-state index contributed by atoms with van der Waals surface area (Å²) in [5.41, 5.74) is 3.06. The summed E-state index contributed by atoms with van der Waals surface area (Å²) in [6.45, 7) is 4.69. The van der Waals surface area contributed by atoms with Crippen LogP contribution < -0.4 is 10.1 Å². The van der Waals surface area contributed by atoms with Gasteiger partial charge in [-0.25, -0.2) is 4.68 Å². The topological polar surface area (TPSA) is 42.3 Å². The Morgan fingerprint density at radius 2 is 1.81 bits per heavy atom. The van der Waals surface area contributed by atoms with Gasteiger partial charge in [0.05, 0.1) is 16.9 Å². The summed E-state index contributed by atoms with van der Waals surface area (Å²) in [5.74, 6) is 1.55. The first-order valence-corrected chi connectivity index (χ1v) is 9.78. The number of ether oxygens (including phenoxy) is 1. The van der Waals surface area contributed by atoms with Gasteiger partial charge in [0.2, 0.25) is 5.88 Å². The van der Waals surface area contributed by atoms with Crippen LogP contribution in [0.3, 0.4) is 0 Å². The second kappa shape index (κ2) is 9.17. The first-order chi connectivity index (χ1) is 13.1. The van der Waals surface area contributed by atoms with Gasteiger partial charge in [-0.05, 0) is 57.4 Å². The number of nitrogens with one attached hydrogen (secondary N) is 1. The zero-order valence-corrected chi connectivity index (χ0v) is 17.5. The summed E-state index contributed by atoms with van der Waals surface area (Å²) < 4.78 is 9.22. The van der Waals surface area contributed by atoms with Crippen LogP contribution in [0.2, 0.25) is 0 Å². The number of benzene rings is 2. The van der Waals surface area contributed by atoms with Crippen molar-refractivity contribution in [3.8, 4) is 17.3 Å². The minimum atomic E-state index is 0.761. The molecule has 1 N–H and O–H groups in total. The van der Waals surface area contributed by atoms with Crippen molar-refractivity contribution in [1.29, 1.82) is 0 Å². The minimum absolute atomic E-state index is 0.761. The molecule has 0 fully saturated rings. The van der Waals surface area contributed by atoms with E-state index in [4.69, 9.17) is 9.84 Å². The quantitative estimate of drug-likeness (QED) is 0.577. The van der Waals surface area contributed by atoms with E-state index in [2.05, 4.69) is 33.2 Å². The number of para-hydroxylation sites is 1. The van der Waals surface area contributed by atoms with E-state index in [0.717, 1.165) is 52.7 Å². The Kier molecular flexibility index (Phi) is 6.66. The maximum Gasteiger partial charge on any atom is 0.227 e. The molecule has 2 aromatic carbocycles. The maximum absolute atomic E-state index is 6.31. The molecule has 3 aromatic rings. The summed E-state index contributed by atoms with van der Waals surface area (Å²) >= 11 is 3.47. The average Bonchev–Trinajstić information content (AvgIpc) is 2.98. The van der Waals surface area contributed by atoms with Gasteiger partial charge in [0.25, 0.3) is 0 Å². The molecular weight excluding hydrogens is 404 g/mol. The summed E-state index contributed by atoms with van der Waals surface area (Å²) in [7, 11) is 4.08. The monoisotopic (exact) mass is 428 g/mol. The molecule has 0 bridgehead atoms. The maximum atomic E-state index is 6.31. The molecule has 0 saturated carbocycles. The fourth-order valence-corrected chi connectivity index (χ4v) is 3.10. The summed E-state index contributed by atoms with van der Waals surface area (Å²) in [6, 6.07) is 18.0. The van der Waals surface area contributed by atoms with Gasteiger partial charge in [0, 0.05) is 24.1 Å². The van der Waals surface area contributed by atoms with Crippen LogP contribution in [0.5, 0.6) is 11.6 Å². The molecule has 0 saturated heterocycles. The molecule has 27 heavy (non-hydrogen) atoms. The second-order valence-electron chi connectivity index (χ2n) is 6.51. The molecule has 0 aliphatic heterocycles. The molecule has 5 nitrogen and oxygen atoms in total. The number of rotatable bonds is 8. The molecule has 1 aromatic heterocycles. The molecule has 142 valence electrons. The van der Waals surface area contributed by atoms with Gasteiger partial charge < -0.3 is 15.0 Å². The lowest BCUT2D eigenvalue weighted by atomic mass is 10.2. The Bertz CT molecular complexity index is 862. The van der Waals surface area contributed by atoms with Crippen molar-refractivity contribution >= 4 is 15.9 Å².